The number of nitrogens with zero attached hydrogens (tertiary/aromatic N) is 1. The van der Waals surface area contributed by atoms with Crippen molar-refractivity contribution in [2.75, 3.05) is 19.6 Å². The molecule has 0 aromatic rings. The van der Waals surface area contributed by atoms with Crippen LogP contribution in [0.5, 0.6) is 0 Å². The van der Waals surface area contributed by atoms with Crippen LogP contribution in [0.25, 0.3) is 0 Å². The van der Waals surface area contributed by atoms with Crippen LogP contribution in [0.3, 0.4) is 0 Å². The molecule has 16 heavy (non-hydrogen) atoms. The van der Waals surface area contributed by atoms with Crippen LogP contribution < -0.4 is 5.32 Å². The third-order valence-corrected chi connectivity index (χ3v) is 3.59. The average molecular weight is 226 g/mol. The number of likely N-dealkylation sites (tertiary alicyclic amines) is 1. The van der Waals surface area contributed by atoms with Crippen molar-refractivity contribution in [3.8, 4) is 0 Å². The van der Waals surface area contributed by atoms with E-state index in [-0.39, 0.29) is 0 Å². The summed E-state index contributed by atoms with van der Waals surface area (Å²) in [6.45, 7) is 13.0. The zero-order chi connectivity index (χ0) is 12.0. The second-order valence-corrected chi connectivity index (χ2v) is 5.75. The van der Waals surface area contributed by atoms with Crippen molar-refractivity contribution in [3.63, 3.8) is 0 Å². The molecule has 1 aliphatic rings. The molecule has 1 saturated heterocycles. The van der Waals surface area contributed by atoms with E-state index in [0.29, 0.717) is 6.04 Å². The normalized spacial score (nSPS) is 24.9. The number of rotatable bonds is 6. The molecule has 2 nitrogen and oxygen atoms in total. The summed E-state index contributed by atoms with van der Waals surface area (Å²) in [5.41, 5.74) is 0. The number of nitrogens with one attached hydrogen (secondary N) is 1. The third kappa shape index (κ3) is 4.84. The van der Waals surface area contributed by atoms with E-state index in [9.17, 15) is 0 Å². The molecule has 0 spiro atoms. The van der Waals surface area contributed by atoms with Crippen molar-refractivity contribution < 1.29 is 0 Å². The van der Waals surface area contributed by atoms with Crippen molar-refractivity contribution in [1.29, 1.82) is 0 Å². The van der Waals surface area contributed by atoms with Crippen molar-refractivity contribution in [1.82, 2.24) is 10.2 Å². The van der Waals surface area contributed by atoms with E-state index in [1.54, 1.807) is 0 Å². The van der Waals surface area contributed by atoms with Crippen molar-refractivity contribution in [2.24, 2.45) is 5.92 Å². The first-order chi connectivity index (χ1) is 7.63. The molecule has 0 radical (unpaired) electrons. The minimum absolute atomic E-state index is 0.613. The fourth-order valence-electron chi connectivity index (χ4n) is 2.68. The van der Waals surface area contributed by atoms with Crippen LogP contribution in [0.15, 0.2) is 0 Å². The maximum absolute atomic E-state index is 3.60. The highest BCUT2D eigenvalue weighted by atomic mass is 15.2. The van der Waals surface area contributed by atoms with Gasteiger partial charge in [0, 0.05) is 25.2 Å². The van der Waals surface area contributed by atoms with Gasteiger partial charge in [-0.2, -0.15) is 0 Å². The Kier molecular flexibility index (Phi) is 6.37. The van der Waals surface area contributed by atoms with E-state index in [2.05, 4.69) is 37.9 Å². The van der Waals surface area contributed by atoms with Crippen molar-refractivity contribution in [3.05, 3.63) is 0 Å². The molecule has 2 atom stereocenters. The van der Waals surface area contributed by atoms with E-state index < -0.39 is 0 Å². The molecule has 0 aromatic heterocycles. The monoisotopic (exact) mass is 226 g/mol. The Morgan fingerprint density at radius 3 is 2.69 bits per heavy atom. The lowest BCUT2D eigenvalue weighted by Crippen LogP contribution is -2.47. The minimum atomic E-state index is 0.613. The molecule has 0 aromatic carbocycles. The average Bonchev–Trinajstić information content (AvgIpc) is 2.24. The van der Waals surface area contributed by atoms with Gasteiger partial charge < -0.3 is 5.32 Å². The van der Waals surface area contributed by atoms with Gasteiger partial charge in [-0.25, -0.2) is 0 Å². The van der Waals surface area contributed by atoms with Gasteiger partial charge in [-0.3, -0.25) is 4.90 Å². The molecule has 2 heteroatoms. The minimum Gasteiger partial charge on any atom is -0.313 e. The molecule has 2 unspecified atom stereocenters. The highest BCUT2D eigenvalue weighted by molar-refractivity contribution is 4.79. The zero-order valence-corrected chi connectivity index (χ0v) is 11.6. The Bertz CT molecular complexity index is 180. The first-order valence-electron chi connectivity index (χ1n) is 7.11. The van der Waals surface area contributed by atoms with Gasteiger partial charge in [0.2, 0.25) is 0 Å². The van der Waals surface area contributed by atoms with E-state index in [1.807, 2.05) is 0 Å². The van der Waals surface area contributed by atoms with Crippen molar-refractivity contribution >= 4 is 0 Å². The molecular weight excluding hydrogens is 196 g/mol. The smallest absolute Gasteiger partial charge is 0.0220 e. The van der Waals surface area contributed by atoms with Gasteiger partial charge >= 0.3 is 0 Å². The van der Waals surface area contributed by atoms with E-state index in [1.165, 1.54) is 38.8 Å². The third-order valence-electron chi connectivity index (χ3n) is 3.59. The molecule has 1 N–H and O–H groups in total. The maximum Gasteiger partial charge on any atom is 0.0220 e. The fourth-order valence-corrected chi connectivity index (χ4v) is 2.68. The highest BCUT2D eigenvalue weighted by Gasteiger charge is 2.23. The highest BCUT2D eigenvalue weighted by Crippen LogP contribution is 2.19. The standard InChI is InChI=1S/C14H30N2/c1-5-7-14(10-15-12(2)3)16-9-6-8-13(4)11-16/h12-15H,5-11H2,1-4H3. The maximum atomic E-state index is 3.60. The largest absolute Gasteiger partial charge is 0.313 e. The van der Waals surface area contributed by atoms with Crippen LogP contribution in [0, 0.1) is 5.92 Å². The van der Waals surface area contributed by atoms with Gasteiger partial charge in [0.05, 0.1) is 0 Å². The van der Waals surface area contributed by atoms with Crippen LogP contribution in [0.4, 0.5) is 0 Å². The summed E-state index contributed by atoms with van der Waals surface area (Å²) >= 11 is 0. The van der Waals surface area contributed by atoms with Crippen LogP contribution in [0.1, 0.15) is 53.4 Å². The topological polar surface area (TPSA) is 15.3 Å². The SMILES string of the molecule is CCCC(CNC(C)C)N1CCCC(C)C1. The zero-order valence-electron chi connectivity index (χ0n) is 11.6. The summed E-state index contributed by atoms with van der Waals surface area (Å²) in [6.07, 6.45) is 5.46. The predicted molar refractivity (Wildman–Crippen MR) is 71.8 cm³/mol. The van der Waals surface area contributed by atoms with Gasteiger partial charge in [0.1, 0.15) is 0 Å². The van der Waals surface area contributed by atoms with Crippen LogP contribution in [-0.4, -0.2) is 36.6 Å². The lowest BCUT2D eigenvalue weighted by molar-refractivity contribution is 0.120. The summed E-state index contributed by atoms with van der Waals surface area (Å²) in [5, 5.41) is 3.60. The first kappa shape index (κ1) is 14.0. The summed E-state index contributed by atoms with van der Waals surface area (Å²) in [4.78, 5) is 2.72. The van der Waals surface area contributed by atoms with Gasteiger partial charge in [-0.1, -0.05) is 34.1 Å². The molecule has 96 valence electrons. The van der Waals surface area contributed by atoms with Gasteiger partial charge in [-0.05, 0) is 31.7 Å². The van der Waals surface area contributed by atoms with Crippen LogP contribution >= 0.6 is 0 Å². The van der Waals surface area contributed by atoms with Crippen molar-refractivity contribution in [2.45, 2.75) is 65.5 Å². The quantitative estimate of drug-likeness (QED) is 0.749. The number of piperidine rings is 1. The Balaban J connectivity index is 2.40. The second kappa shape index (κ2) is 7.29. The molecule has 1 heterocycles. The van der Waals surface area contributed by atoms with Crippen LogP contribution in [-0.2, 0) is 0 Å². The van der Waals surface area contributed by atoms with Gasteiger partial charge in [0.25, 0.3) is 0 Å². The summed E-state index contributed by atoms with van der Waals surface area (Å²) in [5.74, 6) is 0.896. The Labute approximate surface area is 102 Å². The number of hydrogen-bond acceptors (Lipinski definition) is 2. The number of hydrogen-bond donors (Lipinski definition) is 1. The summed E-state index contributed by atoms with van der Waals surface area (Å²) < 4.78 is 0. The molecule has 0 amide bonds. The lowest BCUT2D eigenvalue weighted by atomic mass is 9.97. The molecule has 0 bridgehead atoms. The molecule has 0 aliphatic carbocycles. The second-order valence-electron chi connectivity index (χ2n) is 5.75. The van der Waals surface area contributed by atoms with E-state index >= 15 is 0 Å². The van der Waals surface area contributed by atoms with Gasteiger partial charge in [-0.15, -0.1) is 0 Å². The van der Waals surface area contributed by atoms with E-state index in [0.717, 1.165) is 18.5 Å². The molecule has 1 fully saturated rings. The predicted octanol–water partition coefficient (Wildman–Crippen LogP) is 2.89. The van der Waals surface area contributed by atoms with Crippen LogP contribution in [0.2, 0.25) is 0 Å². The Morgan fingerprint density at radius 1 is 1.38 bits per heavy atom. The lowest BCUT2D eigenvalue weighted by Gasteiger charge is -2.37. The van der Waals surface area contributed by atoms with Gasteiger partial charge in [0.15, 0.2) is 0 Å². The molecule has 1 aliphatic heterocycles. The summed E-state index contributed by atoms with van der Waals surface area (Å²) in [6, 6.07) is 1.37. The Hall–Kier alpha value is -0.0800. The summed E-state index contributed by atoms with van der Waals surface area (Å²) in [7, 11) is 0. The first-order valence-corrected chi connectivity index (χ1v) is 7.11. The molecule has 1 rings (SSSR count). The molecular formula is C14H30N2. The van der Waals surface area contributed by atoms with E-state index in [4.69, 9.17) is 0 Å². The molecule has 0 saturated carbocycles. The fraction of sp³-hybridized carbons (Fsp3) is 1.00. The Morgan fingerprint density at radius 2 is 2.12 bits per heavy atom.